The average molecular weight is 517 g/mol. The zero-order valence-electron chi connectivity index (χ0n) is 20.4. The van der Waals surface area contributed by atoms with Crippen molar-refractivity contribution in [1.82, 2.24) is 9.78 Å². The molecule has 0 unspecified atom stereocenters. The summed E-state index contributed by atoms with van der Waals surface area (Å²) >= 11 is 0. The number of aromatic nitrogens is 2. The number of hydrogen-bond donors (Lipinski definition) is 0. The minimum Gasteiger partial charge on any atom is -0.497 e. The molecule has 2 heterocycles. The van der Waals surface area contributed by atoms with E-state index < -0.39 is 22.0 Å². The molecule has 1 saturated carbocycles. The van der Waals surface area contributed by atoms with E-state index in [4.69, 9.17) is 4.74 Å². The summed E-state index contributed by atoms with van der Waals surface area (Å²) in [6.07, 6.45) is 3.56. The zero-order chi connectivity index (χ0) is 26.6. The van der Waals surface area contributed by atoms with E-state index in [1.54, 1.807) is 31.4 Å². The lowest BCUT2D eigenvalue weighted by Crippen LogP contribution is -2.44. The van der Waals surface area contributed by atoms with Gasteiger partial charge in [-0.3, -0.25) is 14.9 Å². The molecule has 0 bridgehead atoms. The van der Waals surface area contributed by atoms with E-state index in [-0.39, 0.29) is 23.8 Å². The Morgan fingerprint density at radius 1 is 1.08 bits per heavy atom. The van der Waals surface area contributed by atoms with Gasteiger partial charge in [-0.15, -0.1) is 0 Å². The van der Waals surface area contributed by atoms with E-state index >= 15 is 0 Å². The molecular weight excluding hydrogens is 494 g/mol. The van der Waals surface area contributed by atoms with E-state index in [1.807, 2.05) is 12.1 Å². The molecule has 1 aliphatic heterocycles. The molecule has 0 saturated heterocycles. The molecule has 1 aromatic heterocycles. The number of ether oxygens (including phenoxy) is 1. The standard InChI is InChI=1S/C28H22F2N4O4/c1-38-20-6-3-17(4-7-20)16-32-26-21(28(27(32)35)10-2-11-28)13-18(14-25(26)34(36)37)23-9-12-33(31-23)24-8-5-19(29)15-22(24)30/h3-9,12-15H,2,10-11,16H2,1H3. The van der Waals surface area contributed by atoms with Gasteiger partial charge in [-0.1, -0.05) is 18.6 Å². The monoisotopic (exact) mass is 516 g/mol. The molecule has 8 nitrogen and oxygen atoms in total. The van der Waals surface area contributed by atoms with Gasteiger partial charge in [0.2, 0.25) is 5.91 Å². The molecule has 192 valence electrons. The maximum Gasteiger partial charge on any atom is 0.293 e. The molecule has 38 heavy (non-hydrogen) atoms. The summed E-state index contributed by atoms with van der Waals surface area (Å²) in [6, 6.07) is 15.2. The first-order valence-corrected chi connectivity index (χ1v) is 12.1. The van der Waals surface area contributed by atoms with Crippen LogP contribution in [0.1, 0.15) is 30.4 Å². The Bertz CT molecular complexity index is 1600. The molecule has 1 spiro atoms. The van der Waals surface area contributed by atoms with Crippen LogP contribution >= 0.6 is 0 Å². The highest BCUT2D eigenvalue weighted by atomic mass is 19.1. The van der Waals surface area contributed by atoms with Crippen LogP contribution in [-0.4, -0.2) is 27.7 Å². The minimum atomic E-state index is -0.811. The van der Waals surface area contributed by atoms with E-state index in [9.17, 15) is 23.7 Å². The first-order chi connectivity index (χ1) is 18.3. The lowest BCUT2D eigenvalue weighted by atomic mass is 9.65. The van der Waals surface area contributed by atoms with Gasteiger partial charge in [-0.25, -0.2) is 13.5 Å². The molecule has 3 aromatic carbocycles. The maximum atomic E-state index is 14.3. The predicted octanol–water partition coefficient (Wildman–Crippen LogP) is 5.70. The summed E-state index contributed by atoms with van der Waals surface area (Å²) in [5.74, 6) is -0.961. The van der Waals surface area contributed by atoms with Crippen LogP contribution in [0, 0.1) is 21.7 Å². The van der Waals surface area contributed by atoms with Crippen molar-refractivity contribution < 1.29 is 23.2 Å². The first kappa shape index (κ1) is 23.8. The van der Waals surface area contributed by atoms with Gasteiger partial charge < -0.3 is 9.64 Å². The summed E-state index contributed by atoms with van der Waals surface area (Å²) < 4.78 is 34.1. The van der Waals surface area contributed by atoms with Crippen molar-refractivity contribution >= 4 is 17.3 Å². The number of benzene rings is 3. The number of anilines is 1. The van der Waals surface area contributed by atoms with Crippen LogP contribution in [0.3, 0.4) is 0 Å². The fourth-order valence-corrected chi connectivity index (χ4v) is 5.39. The molecule has 0 radical (unpaired) electrons. The Morgan fingerprint density at radius 3 is 2.47 bits per heavy atom. The zero-order valence-corrected chi connectivity index (χ0v) is 20.4. The third-order valence-electron chi connectivity index (χ3n) is 7.47. The largest absolute Gasteiger partial charge is 0.497 e. The molecule has 0 atom stereocenters. The Morgan fingerprint density at radius 2 is 1.84 bits per heavy atom. The lowest BCUT2D eigenvalue weighted by molar-refractivity contribution is -0.384. The first-order valence-electron chi connectivity index (χ1n) is 12.1. The van der Waals surface area contributed by atoms with E-state index in [1.165, 1.54) is 27.9 Å². The highest BCUT2D eigenvalue weighted by Crippen LogP contribution is 2.57. The topological polar surface area (TPSA) is 90.5 Å². The van der Waals surface area contributed by atoms with Crippen molar-refractivity contribution in [3.8, 4) is 22.7 Å². The van der Waals surface area contributed by atoms with Gasteiger partial charge in [0.1, 0.15) is 22.9 Å². The minimum absolute atomic E-state index is 0.0459. The molecule has 1 aliphatic carbocycles. The Hall–Kier alpha value is -4.60. The number of halogens is 2. The van der Waals surface area contributed by atoms with Gasteiger partial charge in [0.05, 0.1) is 29.7 Å². The Labute approximate surface area is 216 Å². The normalized spacial score (nSPS) is 15.4. The van der Waals surface area contributed by atoms with Crippen LogP contribution < -0.4 is 9.64 Å². The fraction of sp³-hybridized carbons (Fsp3) is 0.214. The number of nitro benzene ring substituents is 1. The van der Waals surface area contributed by atoms with Crippen molar-refractivity contribution in [2.45, 2.75) is 31.2 Å². The molecule has 2 aliphatic rings. The Balaban J connectivity index is 1.45. The van der Waals surface area contributed by atoms with Crippen LogP contribution in [0.5, 0.6) is 5.75 Å². The number of fused-ring (bicyclic) bond motifs is 2. The van der Waals surface area contributed by atoms with Crippen molar-refractivity contribution in [2.24, 2.45) is 0 Å². The number of nitrogens with zero attached hydrogens (tertiary/aromatic N) is 4. The van der Waals surface area contributed by atoms with Gasteiger partial charge in [0, 0.05) is 23.9 Å². The number of carbonyl (C=O) groups is 1. The molecule has 1 amide bonds. The third-order valence-corrected chi connectivity index (χ3v) is 7.47. The van der Waals surface area contributed by atoms with Crippen LogP contribution in [0.4, 0.5) is 20.2 Å². The van der Waals surface area contributed by atoms with E-state index in [2.05, 4.69) is 5.10 Å². The summed E-state index contributed by atoms with van der Waals surface area (Å²) in [7, 11) is 1.57. The molecule has 0 N–H and O–H groups in total. The molecule has 1 fully saturated rings. The number of nitro groups is 1. The molecule has 4 aromatic rings. The molecule has 10 heteroatoms. The van der Waals surface area contributed by atoms with Gasteiger partial charge in [0.25, 0.3) is 5.69 Å². The fourth-order valence-electron chi connectivity index (χ4n) is 5.39. The van der Waals surface area contributed by atoms with Gasteiger partial charge in [0.15, 0.2) is 5.82 Å². The number of rotatable bonds is 6. The molecule has 6 rings (SSSR count). The summed E-state index contributed by atoms with van der Waals surface area (Å²) in [6.45, 7) is 0.191. The third kappa shape index (κ3) is 3.63. The van der Waals surface area contributed by atoms with Crippen LogP contribution in [0.2, 0.25) is 0 Å². The molecular formula is C28H22F2N4O4. The number of amides is 1. The summed E-state index contributed by atoms with van der Waals surface area (Å²) in [4.78, 5) is 27.1. The number of carbonyl (C=O) groups excluding carboxylic acids is 1. The smallest absolute Gasteiger partial charge is 0.293 e. The summed E-state index contributed by atoms with van der Waals surface area (Å²) in [5.41, 5.74) is 1.61. The quantitative estimate of drug-likeness (QED) is 0.242. The number of hydrogen-bond acceptors (Lipinski definition) is 5. The number of methoxy groups -OCH3 is 1. The Kier molecular flexibility index (Phi) is 5.48. The maximum absolute atomic E-state index is 14.3. The lowest BCUT2D eigenvalue weighted by Gasteiger charge is -2.37. The van der Waals surface area contributed by atoms with Crippen LogP contribution in [0.25, 0.3) is 16.9 Å². The van der Waals surface area contributed by atoms with Crippen molar-refractivity contribution in [1.29, 1.82) is 0 Å². The highest BCUT2D eigenvalue weighted by molar-refractivity contribution is 6.11. The SMILES string of the molecule is COc1ccc(CN2C(=O)C3(CCC3)c3cc(-c4ccn(-c5ccc(F)cc5F)n4)cc([N+](=O)[O-])c32)cc1. The second-order valence-electron chi connectivity index (χ2n) is 9.56. The van der Waals surface area contributed by atoms with Crippen molar-refractivity contribution in [3.05, 3.63) is 99.7 Å². The highest BCUT2D eigenvalue weighted by Gasteiger charge is 2.56. The van der Waals surface area contributed by atoms with Crippen molar-refractivity contribution in [2.75, 3.05) is 12.0 Å². The van der Waals surface area contributed by atoms with Gasteiger partial charge in [-0.2, -0.15) is 5.10 Å². The van der Waals surface area contributed by atoms with E-state index in [0.29, 0.717) is 41.1 Å². The van der Waals surface area contributed by atoms with Crippen LogP contribution in [-0.2, 0) is 16.8 Å². The second kappa shape index (κ2) is 8.76. The predicted molar refractivity (Wildman–Crippen MR) is 135 cm³/mol. The van der Waals surface area contributed by atoms with Gasteiger partial charge in [-0.05, 0) is 60.4 Å². The summed E-state index contributed by atoms with van der Waals surface area (Å²) in [5, 5.41) is 16.7. The second-order valence-corrected chi connectivity index (χ2v) is 9.56. The van der Waals surface area contributed by atoms with Crippen LogP contribution in [0.15, 0.2) is 66.9 Å². The van der Waals surface area contributed by atoms with Gasteiger partial charge >= 0.3 is 0 Å². The average Bonchev–Trinajstić information content (AvgIpc) is 3.45. The van der Waals surface area contributed by atoms with Crippen molar-refractivity contribution in [3.63, 3.8) is 0 Å². The van der Waals surface area contributed by atoms with E-state index in [0.717, 1.165) is 24.1 Å².